The van der Waals surface area contributed by atoms with E-state index in [1.54, 1.807) is 25.1 Å². The molecule has 1 aromatic rings. The minimum Gasteiger partial charge on any atom is -0.481 e. The summed E-state index contributed by atoms with van der Waals surface area (Å²) in [5, 5.41) is 4.10. The number of nitrogens with one attached hydrogen (secondary N) is 2. The lowest BCUT2D eigenvalue weighted by atomic mass is 9.82. The van der Waals surface area contributed by atoms with Crippen molar-refractivity contribution in [2.24, 2.45) is 0 Å². The van der Waals surface area contributed by atoms with E-state index in [9.17, 15) is 14.4 Å². The molecule has 1 aliphatic carbocycles. The summed E-state index contributed by atoms with van der Waals surface area (Å²) in [5.41, 5.74) is 2.29. The number of imide groups is 1. The molecule has 1 atom stereocenters. The van der Waals surface area contributed by atoms with Crippen LogP contribution in [-0.4, -0.2) is 34.5 Å². The first-order chi connectivity index (χ1) is 12.3. The highest BCUT2D eigenvalue weighted by atomic mass is 35.5. The molecule has 0 radical (unpaired) electrons. The van der Waals surface area contributed by atoms with Crippen LogP contribution in [-0.2, 0) is 9.59 Å². The highest BCUT2D eigenvalue weighted by Gasteiger charge is 2.52. The number of nitrogens with zero attached hydrogens (tertiary/aromatic N) is 1. The third-order valence-corrected chi connectivity index (χ3v) is 5.14. The van der Waals surface area contributed by atoms with Crippen molar-refractivity contribution in [3.8, 4) is 5.75 Å². The van der Waals surface area contributed by atoms with Crippen molar-refractivity contribution in [2.75, 3.05) is 0 Å². The number of urea groups is 1. The molecule has 1 aromatic carbocycles. The molecule has 0 unspecified atom stereocenters. The van der Waals surface area contributed by atoms with Crippen LogP contribution in [0.4, 0.5) is 4.79 Å². The van der Waals surface area contributed by atoms with Gasteiger partial charge in [0.1, 0.15) is 11.3 Å². The van der Waals surface area contributed by atoms with Gasteiger partial charge in [-0.15, -0.1) is 0 Å². The Morgan fingerprint density at radius 2 is 2.00 bits per heavy atom. The van der Waals surface area contributed by atoms with Crippen LogP contribution in [0.5, 0.6) is 5.75 Å². The smallest absolute Gasteiger partial charge is 0.344 e. The van der Waals surface area contributed by atoms with Gasteiger partial charge in [-0.1, -0.05) is 30.9 Å². The number of hydrogen-bond acceptors (Lipinski definition) is 4. The van der Waals surface area contributed by atoms with Crippen LogP contribution in [0, 0.1) is 6.92 Å². The second kappa shape index (κ2) is 7.15. The van der Waals surface area contributed by atoms with Gasteiger partial charge in [0.05, 0.1) is 0 Å². The van der Waals surface area contributed by atoms with Gasteiger partial charge >= 0.3 is 6.03 Å². The molecule has 2 aliphatic rings. The number of hydrogen-bond donors (Lipinski definition) is 2. The maximum atomic E-state index is 12.7. The van der Waals surface area contributed by atoms with Gasteiger partial charge in [0.2, 0.25) is 0 Å². The predicted octanol–water partition coefficient (Wildman–Crippen LogP) is 2.70. The molecule has 140 valence electrons. The van der Waals surface area contributed by atoms with E-state index in [0.29, 0.717) is 23.6 Å². The Morgan fingerprint density at radius 1 is 1.31 bits per heavy atom. The molecule has 4 amide bonds. The molecule has 1 aliphatic heterocycles. The monoisotopic (exact) mass is 379 g/mol. The zero-order valence-electron chi connectivity index (χ0n) is 14.8. The molecule has 8 heteroatoms. The van der Waals surface area contributed by atoms with Gasteiger partial charge < -0.3 is 10.1 Å². The maximum absolute atomic E-state index is 12.7. The zero-order valence-corrected chi connectivity index (χ0v) is 15.6. The number of carbonyl (C=O) groups is 3. The van der Waals surface area contributed by atoms with Crippen LogP contribution in [0.2, 0.25) is 5.02 Å². The summed E-state index contributed by atoms with van der Waals surface area (Å²) in [5.74, 6) is -0.459. The maximum Gasteiger partial charge on any atom is 0.344 e. The van der Waals surface area contributed by atoms with Crippen LogP contribution in [0.25, 0.3) is 0 Å². The lowest BCUT2D eigenvalue weighted by Gasteiger charge is -2.30. The standard InChI is InChI=1S/C18H22ClN3O4/c1-11-10-13(19)6-7-14(11)26-12(2)15(23)21-22-16(24)18(20-17(22)25)8-4-3-5-9-18/h6-7,10,12H,3-5,8-9H2,1-2H3,(H,20,25)(H,21,23)/t12-/m1/s1. The van der Waals surface area contributed by atoms with Gasteiger partial charge in [0.25, 0.3) is 11.8 Å². The molecule has 3 rings (SSSR count). The summed E-state index contributed by atoms with van der Waals surface area (Å²) >= 11 is 5.91. The van der Waals surface area contributed by atoms with Crippen molar-refractivity contribution in [1.29, 1.82) is 0 Å². The molecule has 1 spiro atoms. The van der Waals surface area contributed by atoms with E-state index < -0.39 is 29.5 Å². The molecule has 2 N–H and O–H groups in total. The molecule has 26 heavy (non-hydrogen) atoms. The average molecular weight is 380 g/mol. The van der Waals surface area contributed by atoms with Crippen LogP contribution in [0.1, 0.15) is 44.6 Å². The number of amides is 4. The number of carbonyl (C=O) groups excluding carboxylic acids is 3. The van der Waals surface area contributed by atoms with E-state index in [2.05, 4.69) is 10.7 Å². The normalized spacial score (nSPS) is 20.0. The first kappa shape index (κ1) is 18.5. The largest absolute Gasteiger partial charge is 0.481 e. The second-order valence-corrected chi connectivity index (χ2v) is 7.30. The van der Waals surface area contributed by atoms with Gasteiger partial charge in [-0.05, 0) is 50.5 Å². The summed E-state index contributed by atoms with van der Waals surface area (Å²) in [4.78, 5) is 37.3. The van der Waals surface area contributed by atoms with Crippen LogP contribution >= 0.6 is 11.6 Å². The Hall–Kier alpha value is -2.28. The minimum atomic E-state index is -0.890. The van der Waals surface area contributed by atoms with Crippen molar-refractivity contribution in [1.82, 2.24) is 15.8 Å². The number of halogens is 1. The summed E-state index contributed by atoms with van der Waals surface area (Å²) in [6, 6.07) is 4.47. The summed E-state index contributed by atoms with van der Waals surface area (Å²) in [6.07, 6.45) is 3.10. The SMILES string of the molecule is Cc1cc(Cl)ccc1O[C@H](C)C(=O)NN1C(=O)NC2(CCCCC2)C1=O. The van der Waals surface area contributed by atoms with Crippen molar-refractivity contribution in [2.45, 2.75) is 57.6 Å². The average Bonchev–Trinajstić information content (AvgIpc) is 2.82. The van der Waals surface area contributed by atoms with Gasteiger partial charge in [-0.25, -0.2) is 4.79 Å². The molecule has 0 aromatic heterocycles. The Kier molecular flexibility index (Phi) is 5.09. The van der Waals surface area contributed by atoms with E-state index >= 15 is 0 Å². The number of aryl methyl sites for hydroxylation is 1. The number of benzene rings is 1. The Bertz CT molecular complexity index is 746. The molecular weight excluding hydrogens is 358 g/mol. The lowest BCUT2D eigenvalue weighted by molar-refractivity contribution is -0.142. The first-order valence-electron chi connectivity index (χ1n) is 8.72. The predicted molar refractivity (Wildman–Crippen MR) is 95.6 cm³/mol. The van der Waals surface area contributed by atoms with Crippen LogP contribution < -0.4 is 15.5 Å². The molecular formula is C18H22ClN3O4. The minimum absolute atomic E-state index is 0.398. The topological polar surface area (TPSA) is 87.7 Å². The molecule has 2 fully saturated rings. The molecule has 1 saturated carbocycles. The summed E-state index contributed by atoms with van der Waals surface area (Å²) in [7, 11) is 0. The summed E-state index contributed by atoms with van der Waals surface area (Å²) < 4.78 is 5.64. The van der Waals surface area contributed by atoms with E-state index in [4.69, 9.17) is 16.3 Å². The summed E-state index contributed by atoms with van der Waals surface area (Å²) in [6.45, 7) is 3.37. The fraction of sp³-hybridized carbons (Fsp3) is 0.500. The highest BCUT2D eigenvalue weighted by Crippen LogP contribution is 2.33. The first-order valence-corrected chi connectivity index (χ1v) is 9.10. The zero-order chi connectivity index (χ0) is 18.9. The molecule has 0 bridgehead atoms. The van der Waals surface area contributed by atoms with Crippen LogP contribution in [0.3, 0.4) is 0 Å². The Morgan fingerprint density at radius 3 is 2.65 bits per heavy atom. The fourth-order valence-corrected chi connectivity index (χ4v) is 3.63. The van der Waals surface area contributed by atoms with Gasteiger partial charge in [-0.3, -0.25) is 15.0 Å². The van der Waals surface area contributed by atoms with E-state index in [1.165, 1.54) is 0 Å². The van der Waals surface area contributed by atoms with Crippen molar-refractivity contribution in [3.05, 3.63) is 28.8 Å². The third kappa shape index (κ3) is 3.49. The third-order valence-electron chi connectivity index (χ3n) is 4.90. The van der Waals surface area contributed by atoms with Crippen molar-refractivity contribution in [3.63, 3.8) is 0 Å². The highest BCUT2D eigenvalue weighted by molar-refractivity contribution is 6.30. The quantitative estimate of drug-likeness (QED) is 0.787. The second-order valence-electron chi connectivity index (χ2n) is 6.86. The number of ether oxygens (including phenoxy) is 1. The van der Waals surface area contributed by atoms with E-state index in [0.717, 1.165) is 29.8 Å². The van der Waals surface area contributed by atoms with Crippen molar-refractivity contribution < 1.29 is 19.1 Å². The molecule has 7 nitrogen and oxygen atoms in total. The number of rotatable bonds is 4. The molecule has 1 heterocycles. The molecule has 1 saturated heterocycles. The van der Waals surface area contributed by atoms with E-state index in [-0.39, 0.29) is 0 Å². The van der Waals surface area contributed by atoms with Gasteiger partial charge in [0, 0.05) is 5.02 Å². The van der Waals surface area contributed by atoms with Gasteiger partial charge in [0.15, 0.2) is 6.10 Å². The lowest BCUT2D eigenvalue weighted by Crippen LogP contribution is -2.53. The number of hydrazine groups is 1. The van der Waals surface area contributed by atoms with Gasteiger partial charge in [-0.2, -0.15) is 5.01 Å². The Labute approximate surface area is 157 Å². The van der Waals surface area contributed by atoms with Crippen LogP contribution in [0.15, 0.2) is 18.2 Å². The fourth-order valence-electron chi connectivity index (χ4n) is 3.41. The Balaban J connectivity index is 1.65. The van der Waals surface area contributed by atoms with Crippen molar-refractivity contribution >= 4 is 29.4 Å². The van der Waals surface area contributed by atoms with E-state index in [1.807, 2.05) is 6.92 Å².